The Labute approximate surface area is 144 Å². The van der Waals surface area contributed by atoms with Crippen molar-refractivity contribution >= 4 is 23.0 Å². The summed E-state index contributed by atoms with van der Waals surface area (Å²) in [5.74, 6) is 0.106. The Morgan fingerprint density at radius 1 is 1.32 bits per heavy atom. The van der Waals surface area contributed by atoms with E-state index in [1.807, 2.05) is 0 Å². The van der Waals surface area contributed by atoms with Gasteiger partial charge in [0.05, 0.1) is 22.6 Å². The number of phenolic OH excluding ortho intramolecular Hbond substituents is 1. The lowest BCUT2D eigenvalue weighted by molar-refractivity contribution is -0.384. The van der Waals surface area contributed by atoms with Crippen LogP contribution in [0.1, 0.15) is 11.1 Å². The molecule has 0 saturated carbocycles. The third-order valence-electron chi connectivity index (χ3n) is 3.31. The van der Waals surface area contributed by atoms with Crippen molar-refractivity contribution in [1.29, 1.82) is 0 Å². The Kier molecular flexibility index (Phi) is 5.27. The average molecular weight is 377 g/mol. The van der Waals surface area contributed by atoms with E-state index in [1.54, 1.807) is 6.07 Å². The van der Waals surface area contributed by atoms with Gasteiger partial charge >= 0.3 is 6.18 Å². The molecule has 0 heterocycles. The molecule has 0 spiro atoms. The summed E-state index contributed by atoms with van der Waals surface area (Å²) in [6, 6.07) is 5.68. The summed E-state index contributed by atoms with van der Waals surface area (Å²) in [5.41, 5.74) is -1.68. The minimum absolute atomic E-state index is 0.0140. The standard InChI is InChI=1S/C15H12ClF3N2O4/c1-25-14-3-2-8(4-13(14)22)7-20-11-6-10(16)9(15(17,18)19)5-12(11)21(23)24/h2-6,20,22H,7H2,1H3. The van der Waals surface area contributed by atoms with E-state index >= 15 is 0 Å². The molecule has 10 heteroatoms. The average Bonchev–Trinajstić information content (AvgIpc) is 2.51. The van der Waals surface area contributed by atoms with Crippen molar-refractivity contribution in [1.82, 2.24) is 0 Å². The quantitative estimate of drug-likeness (QED) is 0.588. The molecule has 134 valence electrons. The third kappa shape index (κ3) is 4.24. The number of ether oxygens (including phenoxy) is 1. The van der Waals surface area contributed by atoms with Crippen molar-refractivity contribution in [3.05, 3.63) is 56.6 Å². The van der Waals surface area contributed by atoms with E-state index in [2.05, 4.69) is 5.32 Å². The van der Waals surface area contributed by atoms with Crippen LogP contribution in [0.2, 0.25) is 5.02 Å². The van der Waals surface area contributed by atoms with E-state index in [-0.39, 0.29) is 23.7 Å². The predicted octanol–water partition coefficient (Wildman–Crippen LogP) is 4.59. The van der Waals surface area contributed by atoms with Gasteiger partial charge in [0.15, 0.2) is 11.5 Å². The molecule has 2 rings (SSSR count). The Morgan fingerprint density at radius 2 is 2.00 bits per heavy atom. The van der Waals surface area contributed by atoms with Crippen molar-refractivity contribution in [2.45, 2.75) is 12.7 Å². The Balaban J connectivity index is 2.31. The summed E-state index contributed by atoms with van der Waals surface area (Å²) in [5, 5.41) is 22.7. The highest BCUT2D eigenvalue weighted by Crippen LogP contribution is 2.40. The molecular weight excluding hydrogens is 365 g/mol. The summed E-state index contributed by atoms with van der Waals surface area (Å²) in [7, 11) is 1.38. The molecule has 2 aromatic carbocycles. The lowest BCUT2D eigenvalue weighted by Gasteiger charge is -2.13. The van der Waals surface area contributed by atoms with Gasteiger partial charge in [0, 0.05) is 12.6 Å². The molecule has 0 aliphatic heterocycles. The van der Waals surface area contributed by atoms with Crippen molar-refractivity contribution in [2.24, 2.45) is 0 Å². The van der Waals surface area contributed by atoms with Gasteiger partial charge in [-0.2, -0.15) is 13.2 Å². The molecule has 0 bridgehead atoms. The SMILES string of the molecule is COc1ccc(CNc2cc(Cl)c(C(F)(F)F)cc2[N+](=O)[O-])cc1O. The molecule has 2 N–H and O–H groups in total. The van der Waals surface area contributed by atoms with Crippen molar-refractivity contribution in [3.63, 3.8) is 0 Å². The highest BCUT2D eigenvalue weighted by atomic mass is 35.5. The number of nitrogens with zero attached hydrogens (tertiary/aromatic N) is 1. The smallest absolute Gasteiger partial charge is 0.418 e. The molecule has 0 saturated heterocycles. The van der Waals surface area contributed by atoms with Gasteiger partial charge in [0.2, 0.25) is 0 Å². The number of hydrogen-bond acceptors (Lipinski definition) is 5. The van der Waals surface area contributed by atoms with Crippen molar-refractivity contribution in [3.8, 4) is 11.5 Å². The van der Waals surface area contributed by atoms with Crippen LogP contribution in [0.3, 0.4) is 0 Å². The van der Waals surface area contributed by atoms with E-state index in [0.29, 0.717) is 11.6 Å². The van der Waals surface area contributed by atoms with Crippen molar-refractivity contribution < 1.29 is 27.9 Å². The number of rotatable bonds is 5. The fraction of sp³-hybridized carbons (Fsp3) is 0.200. The number of benzene rings is 2. The molecule has 2 aromatic rings. The van der Waals surface area contributed by atoms with Gasteiger partial charge < -0.3 is 15.2 Å². The number of nitro groups is 1. The molecule has 6 nitrogen and oxygen atoms in total. The lowest BCUT2D eigenvalue weighted by atomic mass is 10.1. The van der Waals surface area contributed by atoms with Gasteiger partial charge in [-0.3, -0.25) is 10.1 Å². The Hall–Kier alpha value is -2.68. The number of methoxy groups -OCH3 is 1. The van der Waals surface area contributed by atoms with E-state index in [0.717, 1.165) is 6.07 Å². The fourth-order valence-electron chi connectivity index (χ4n) is 2.11. The first-order valence-corrected chi connectivity index (χ1v) is 7.16. The number of alkyl halides is 3. The zero-order chi connectivity index (χ0) is 18.8. The van der Waals surface area contributed by atoms with Crippen LogP contribution in [0.25, 0.3) is 0 Å². The molecular formula is C15H12ClF3N2O4. The van der Waals surface area contributed by atoms with Crippen molar-refractivity contribution in [2.75, 3.05) is 12.4 Å². The zero-order valence-corrected chi connectivity index (χ0v) is 13.5. The molecule has 0 amide bonds. The number of hydrogen-bond donors (Lipinski definition) is 2. The van der Waals surface area contributed by atoms with Gasteiger partial charge in [0.25, 0.3) is 5.69 Å². The molecule has 0 aliphatic rings. The second-order valence-electron chi connectivity index (χ2n) is 4.96. The maximum atomic E-state index is 12.8. The Bertz CT molecular complexity index is 812. The van der Waals surface area contributed by atoms with Crippen LogP contribution in [-0.2, 0) is 12.7 Å². The first kappa shape index (κ1) is 18.7. The lowest BCUT2D eigenvalue weighted by Crippen LogP contribution is -2.09. The number of phenols is 1. The highest BCUT2D eigenvalue weighted by Gasteiger charge is 2.36. The summed E-state index contributed by atoms with van der Waals surface area (Å²) >= 11 is 5.60. The van der Waals surface area contributed by atoms with Crippen LogP contribution in [0.15, 0.2) is 30.3 Å². The largest absolute Gasteiger partial charge is 0.504 e. The summed E-state index contributed by atoms with van der Waals surface area (Å²) < 4.78 is 43.4. The molecule has 0 radical (unpaired) electrons. The molecule has 0 aliphatic carbocycles. The number of anilines is 1. The maximum absolute atomic E-state index is 12.8. The molecule has 0 unspecified atom stereocenters. The second-order valence-corrected chi connectivity index (χ2v) is 5.37. The van der Waals surface area contributed by atoms with Crippen LogP contribution < -0.4 is 10.1 Å². The molecule has 25 heavy (non-hydrogen) atoms. The van der Waals surface area contributed by atoms with Crippen LogP contribution >= 0.6 is 11.6 Å². The number of nitro benzene ring substituents is 1. The first-order valence-electron chi connectivity index (χ1n) is 6.78. The van der Waals surface area contributed by atoms with E-state index < -0.39 is 27.4 Å². The Morgan fingerprint density at radius 3 is 2.52 bits per heavy atom. The van der Waals surface area contributed by atoms with Crippen LogP contribution in [0.5, 0.6) is 11.5 Å². The van der Waals surface area contributed by atoms with E-state index in [1.165, 1.54) is 19.2 Å². The third-order valence-corrected chi connectivity index (χ3v) is 3.63. The summed E-state index contributed by atoms with van der Waals surface area (Å²) in [6.45, 7) is 0.0140. The van der Waals surface area contributed by atoms with Crippen LogP contribution in [-0.4, -0.2) is 17.1 Å². The minimum Gasteiger partial charge on any atom is -0.504 e. The van der Waals surface area contributed by atoms with Gasteiger partial charge in [-0.15, -0.1) is 0 Å². The number of nitrogens with one attached hydrogen (secondary N) is 1. The summed E-state index contributed by atoms with van der Waals surface area (Å²) in [4.78, 5) is 10.1. The molecule has 0 aromatic heterocycles. The minimum atomic E-state index is -4.80. The van der Waals surface area contributed by atoms with Crippen LogP contribution in [0, 0.1) is 10.1 Å². The first-order chi connectivity index (χ1) is 11.6. The normalized spacial score (nSPS) is 11.2. The predicted molar refractivity (Wildman–Crippen MR) is 85.1 cm³/mol. The van der Waals surface area contributed by atoms with E-state index in [9.17, 15) is 28.4 Å². The van der Waals surface area contributed by atoms with Gasteiger partial charge in [-0.05, 0) is 23.8 Å². The van der Waals surface area contributed by atoms with Gasteiger partial charge in [-0.25, -0.2) is 0 Å². The number of aromatic hydroxyl groups is 1. The second kappa shape index (κ2) is 7.06. The zero-order valence-electron chi connectivity index (χ0n) is 12.7. The maximum Gasteiger partial charge on any atom is 0.418 e. The van der Waals surface area contributed by atoms with E-state index in [4.69, 9.17) is 16.3 Å². The summed E-state index contributed by atoms with van der Waals surface area (Å²) in [6.07, 6.45) is -4.80. The van der Waals surface area contributed by atoms with Gasteiger partial charge in [-0.1, -0.05) is 17.7 Å². The van der Waals surface area contributed by atoms with Crippen LogP contribution in [0.4, 0.5) is 24.5 Å². The topological polar surface area (TPSA) is 84.6 Å². The molecule has 0 atom stereocenters. The van der Waals surface area contributed by atoms with Gasteiger partial charge in [0.1, 0.15) is 5.69 Å². The highest BCUT2D eigenvalue weighted by molar-refractivity contribution is 6.31. The fourth-order valence-corrected chi connectivity index (χ4v) is 2.39. The number of halogens is 4. The molecule has 0 fully saturated rings. The monoisotopic (exact) mass is 376 g/mol.